The van der Waals surface area contributed by atoms with Crippen molar-refractivity contribution < 1.29 is 9.59 Å². The molecule has 5 rings (SSSR count). The summed E-state index contributed by atoms with van der Waals surface area (Å²) in [6.45, 7) is 2.27. The predicted molar refractivity (Wildman–Crippen MR) is 117 cm³/mol. The second-order valence-corrected chi connectivity index (χ2v) is 8.15. The normalized spacial score (nSPS) is 21.5. The highest BCUT2D eigenvalue weighted by molar-refractivity contribution is 5.89. The van der Waals surface area contributed by atoms with Crippen molar-refractivity contribution in [3.05, 3.63) is 66.1 Å². The van der Waals surface area contributed by atoms with Gasteiger partial charge >= 0.3 is 0 Å². The maximum atomic E-state index is 13.0. The molecule has 0 spiro atoms. The molecule has 2 aliphatic heterocycles. The van der Waals surface area contributed by atoms with Gasteiger partial charge in [-0.05, 0) is 35.7 Å². The summed E-state index contributed by atoms with van der Waals surface area (Å²) >= 11 is 0. The largest absolute Gasteiger partial charge is 0.361 e. The van der Waals surface area contributed by atoms with Crippen molar-refractivity contribution in [1.29, 1.82) is 0 Å². The lowest BCUT2D eigenvalue weighted by Crippen LogP contribution is -2.54. The van der Waals surface area contributed by atoms with E-state index < -0.39 is 0 Å². The van der Waals surface area contributed by atoms with Gasteiger partial charge in [-0.25, -0.2) is 10.9 Å². The first-order valence-corrected chi connectivity index (χ1v) is 10.7. The second-order valence-electron chi connectivity index (χ2n) is 8.15. The number of aromatic nitrogens is 2. The van der Waals surface area contributed by atoms with Crippen LogP contribution in [0.25, 0.3) is 10.9 Å². The van der Waals surface area contributed by atoms with Crippen molar-refractivity contribution >= 4 is 22.7 Å². The molecule has 0 saturated carbocycles. The van der Waals surface area contributed by atoms with Gasteiger partial charge in [0.25, 0.3) is 0 Å². The number of aromatic amines is 1. The number of hydrogen-bond donors (Lipinski definition) is 3. The highest BCUT2D eigenvalue weighted by Crippen LogP contribution is 2.23. The van der Waals surface area contributed by atoms with Gasteiger partial charge in [-0.15, -0.1) is 0 Å². The summed E-state index contributed by atoms with van der Waals surface area (Å²) in [5.41, 5.74) is 9.53. The second kappa shape index (κ2) is 8.49. The molecular weight excluding hydrogens is 392 g/mol. The SMILES string of the molecule is O=C(Cc1c[nH]c2ccccc12)N1CCN(C(=O)C2CC(c3ccncc3)NN2)CC1. The fourth-order valence-corrected chi connectivity index (χ4v) is 4.48. The van der Waals surface area contributed by atoms with E-state index in [0.717, 1.165) is 22.0 Å². The number of para-hydroxylation sites is 1. The topological polar surface area (TPSA) is 93.4 Å². The predicted octanol–water partition coefficient (Wildman–Crippen LogP) is 1.38. The Morgan fingerprint density at radius 2 is 1.71 bits per heavy atom. The average molecular weight is 419 g/mol. The molecule has 0 radical (unpaired) electrons. The van der Waals surface area contributed by atoms with Gasteiger partial charge in [-0.1, -0.05) is 18.2 Å². The van der Waals surface area contributed by atoms with E-state index >= 15 is 0 Å². The molecule has 160 valence electrons. The summed E-state index contributed by atoms with van der Waals surface area (Å²) in [6.07, 6.45) is 6.51. The fraction of sp³-hybridized carbons (Fsp3) is 0.348. The molecule has 8 nitrogen and oxygen atoms in total. The number of pyridine rings is 1. The highest BCUT2D eigenvalue weighted by atomic mass is 16.2. The molecular formula is C23H26N6O2. The van der Waals surface area contributed by atoms with Gasteiger partial charge in [-0.2, -0.15) is 0 Å². The number of nitrogens with zero attached hydrogens (tertiary/aromatic N) is 3. The Labute approximate surface area is 180 Å². The maximum absolute atomic E-state index is 13.0. The van der Waals surface area contributed by atoms with Gasteiger partial charge in [0.15, 0.2) is 0 Å². The minimum atomic E-state index is -0.258. The number of fused-ring (bicyclic) bond motifs is 1. The molecule has 2 saturated heterocycles. The van der Waals surface area contributed by atoms with Crippen molar-refractivity contribution in [3.63, 3.8) is 0 Å². The molecule has 0 bridgehead atoms. The summed E-state index contributed by atoms with van der Waals surface area (Å²) in [4.78, 5) is 36.8. The number of H-pyrrole nitrogens is 1. The van der Waals surface area contributed by atoms with Crippen molar-refractivity contribution in [2.45, 2.75) is 24.9 Å². The number of rotatable bonds is 4. The summed E-state index contributed by atoms with van der Waals surface area (Å²) in [5, 5.41) is 1.09. The van der Waals surface area contributed by atoms with Gasteiger partial charge < -0.3 is 14.8 Å². The van der Waals surface area contributed by atoms with Crippen LogP contribution in [0.2, 0.25) is 0 Å². The number of piperazine rings is 1. The number of carbonyl (C=O) groups excluding carboxylic acids is 2. The number of amides is 2. The lowest BCUT2D eigenvalue weighted by atomic mass is 10.0. The third-order valence-corrected chi connectivity index (χ3v) is 6.27. The molecule has 2 unspecified atom stereocenters. The molecule has 1 aromatic carbocycles. The Balaban J connectivity index is 1.14. The average Bonchev–Trinajstić information content (AvgIpc) is 3.47. The Kier molecular flexibility index (Phi) is 5.40. The van der Waals surface area contributed by atoms with E-state index in [4.69, 9.17) is 0 Å². The standard InChI is InChI=1S/C23H26N6O2/c30-22(13-17-15-25-19-4-2-1-3-18(17)19)28-9-11-29(12-10-28)23(31)21-14-20(26-27-21)16-5-7-24-8-6-16/h1-8,15,20-21,25-27H,9-14H2. The van der Waals surface area contributed by atoms with Gasteiger partial charge in [0.2, 0.25) is 11.8 Å². The first-order chi connectivity index (χ1) is 15.2. The van der Waals surface area contributed by atoms with Crippen LogP contribution in [0.4, 0.5) is 0 Å². The molecule has 4 heterocycles. The van der Waals surface area contributed by atoms with Gasteiger partial charge in [0, 0.05) is 61.7 Å². The zero-order valence-electron chi connectivity index (χ0n) is 17.3. The van der Waals surface area contributed by atoms with Crippen LogP contribution < -0.4 is 10.9 Å². The Hall–Kier alpha value is -3.23. The Morgan fingerprint density at radius 3 is 2.52 bits per heavy atom. The summed E-state index contributed by atoms with van der Waals surface area (Å²) in [6, 6.07) is 11.8. The lowest BCUT2D eigenvalue weighted by molar-refractivity contribution is -0.140. The van der Waals surface area contributed by atoms with Crippen LogP contribution in [0, 0.1) is 0 Å². The van der Waals surface area contributed by atoms with E-state index in [0.29, 0.717) is 39.0 Å². The number of carbonyl (C=O) groups is 2. The summed E-state index contributed by atoms with van der Waals surface area (Å²) < 4.78 is 0. The maximum Gasteiger partial charge on any atom is 0.241 e. The Bertz CT molecular complexity index is 1070. The zero-order valence-corrected chi connectivity index (χ0v) is 17.3. The number of hydrogen-bond acceptors (Lipinski definition) is 5. The summed E-state index contributed by atoms with van der Waals surface area (Å²) in [7, 11) is 0. The van der Waals surface area contributed by atoms with Crippen LogP contribution in [0.1, 0.15) is 23.6 Å². The smallest absolute Gasteiger partial charge is 0.241 e. The van der Waals surface area contributed by atoms with Crippen LogP contribution >= 0.6 is 0 Å². The molecule has 8 heteroatoms. The van der Waals surface area contributed by atoms with E-state index in [2.05, 4.69) is 20.8 Å². The van der Waals surface area contributed by atoms with Crippen molar-refractivity contribution in [3.8, 4) is 0 Å². The van der Waals surface area contributed by atoms with Gasteiger partial charge in [0.05, 0.1) is 6.42 Å². The third-order valence-electron chi connectivity index (χ3n) is 6.27. The molecule has 31 heavy (non-hydrogen) atoms. The van der Waals surface area contributed by atoms with E-state index in [1.807, 2.05) is 52.4 Å². The van der Waals surface area contributed by atoms with Gasteiger partial charge in [0.1, 0.15) is 6.04 Å². The van der Waals surface area contributed by atoms with Crippen LogP contribution in [0.5, 0.6) is 0 Å². The van der Waals surface area contributed by atoms with Crippen LogP contribution in [0.15, 0.2) is 55.0 Å². The molecule has 2 amide bonds. The molecule has 0 aliphatic carbocycles. The Morgan fingerprint density at radius 1 is 0.968 bits per heavy atom. The summed E-state index contributed by atoms with van der Waals surface area (Å²) in [5.74, 6) is 0.197. The van der Waals surface area contributed by atoms with Gasteiger partial charge in [-0.3, -0.25) is 14.6 Å². The first-order valence-electron chi connectivity index (χ1n) is 10.7. The fourth-order valence-electron chi connectivity index (χ4n) is 4.48. The molecule has 2 aromatic heterocycles. The first kappa shape index (κ1) is 19.7. The number of hydrazine groups is 1. The quantitative estimate of drug-likeness (QED) is 0.595. The number of nitrogens with one attached hydrogen (secondary N) is 3. The minimum Gasteiger partial charge on any atom is -0.361 e. The van der Waals surface area contributed by atoms with E-state index in [9.17, 15) is 9.59 Å². The van der Waals surface area contributed by atoms with Crippen LogP contribution in [-0.4, -0.2) is 63.8 Å². The van der Waals surface area contributed by atoms with E-state index in [1.54, 1.807) is 12.4 Å². The van der Waals surface area contributed by atoms with Crippen LogP contribution in [0.3, 0.4) is 0 Å². The van der Waals surface area contributed by atoms with E-state index in [-0.39, 0.29) is 23.9 Å². The van der Waals surface area contributed by atoms with Crippen molar-refractivity contribution in [2.75, 3.05) is 26.2 Å². The van der Waals surface area contributed by atoms with Crippen LogP contribution in [-0.2, 0) is 16.0 Å². The minimum absolute atomic E-state index is 0.0905. The monoisotopic (exact) mass is 418 g/mol. The lowest BCUT2D eigenvalue weighted by Gasteiger charge is -2.36. The molecule has 2 atom stereocenters. The highest BCUT2D eigenvalue weighted by Gasteiger charge is 2.34. The van der Waals surface area contributed by atoms with Crippen molar-refractivity contribution in [1.82, 2.24) is 30.6 Å². The van der Waals surface area contributed by atoms with Crippen molar-refractivity contribution in [2.24, 2.45) is 0 Å². The molecule has 2 fully saturated rings. The molecule has 3 N–H and O–H groups in total. The zero-order chi connectivity index (χ0) is 21.2. The molecule has 2 aliphatic rings. The molecule has 3 aromatic rings. The number of benzene rings is 1. The third kappa shape index (κ3) is 4.04. The van der Waals surface area contributed by atoms with E-state index in [1.165, 1.54) is 0 Å².